The Hall–Kier alpha value is -3.01. The second-order valence-electron chi connectivity index (χ2n) is 11.2. The van der Waals surface area contributed by atoms with Gasteiger partial charge < -0.3 is 20.3 Å². The average Bonchev–Trinajstić information content (AvgIpc) is 3.69. The van der Waals surface area contributed by atoms with Crippen molar-refractivity contribution in [2.75, 3.05) is 32.7 Å². The van der Waals surface area contributed by atoms with Crippen LogP contribution in [0, 0.1) is 5.82 Å². The van der Waals surface area contributed by atoms with E-state index in [0.29, 0.717) is 29.1 Å². The number of benzene rings is 2. The molecule has 0 bridgehead atoms. The molecule has 0 aliphatic carbocycles. The molecule has 0 radical (unpaired) electrons. The van der Waals surface area contributed by atoms with Gasteiger partial charge in [-0.3, -0.25) is 9.20 Å². The first kappa shape index (κ1) is 27.2. The van der Waals surface area contributed by atoms with Crippen LogP contribution in [-0.2, 0) is 0 Å². The number of hydrogen-bond donors (Lipinski definition) is 2. The van der Waals surface area contributed by atoms with E-state index in [1.807, 2.05) is 48.7 Å². The summed E-state index contributed by atoms with van der Waals surface area (Å²) in [6.07, 6.45) is 8.72. The summed E-state index contributed by atoms with van der Waals surface area (Å²) in [5, 5.41) is 6.52. The maximum atomic E-state index is 15.2. The molecule has 1 amide bonds. The lowest BCUT2D eigenvalue weighted by Gasteiger charge is -2.26. The molecule has 4 heterocycles. The molecule has 212 valence electrons. The first-order chi connectivity index (χ1) is 19.5. The molecule has 0 saturated carbocycles. The monoisotopic (exact) mass is 563 g/mol. The van der Waals surface area contributed by atoms with Crippen LogP contribution >= 0.6 is 11.3 Å². The topological polar surface area (TPSA) is 70.9 Å². The summed E-state index contributed by atoms with van der Waals surface area (Å²) >= 11 is 1.46. The van der Waals surface area contributed by atoms with Crippen molar-refractivity contribution in [2.24, 2.45) is 0 Å². The number of hydrogen-bond acceptors (Lipinski definition) is 6. The highest BCUT2D eigenvalue weighted by molar-refractivity contribution is 7.24. The molecule has 9 heteroatoms. The zero-order valence-electron chi connectivity index (χ0n) is 23.3. The van der Waals surface area contributed by atoms with Gasteiger partial charge in [-0.2, -0.15) is 0 Å². The predicted molar refractivity (Wildman–Crippen MR) is 159 cm³/mol. The second-order valence-corrected chi connectivity index (χ2v) is 12.2. The lowest BCUT2D eigenvalue weighted by molar-refractivity contribution is 0.0945. The summed E-state index contributed by atoms with van der Waals surface area (Å²) in [6.45, 7) is 8.87. The number of rotatable bonds is 9. The lowest BCUT2D eigenvalue weighted by Crippen LogP contribution is -2.33. The number of carbonyl (C=O) groups excluding carboxylic acids is 1. The molecule has 40 heavy (non-hydrogen) atoms. The third kappa shape index (κ3) is 5.60. The molecule has 2 aliphatic heterocycles. The van der Waals surface area contributed by atoms with Crippen LogP contribution in [0.5, 0.6) is 5.75 Å². The highest BCUT2D eigenvalue weighted by Crippen LogP contribution is 2.39. The number of thiazole rings is 1. The maximum Gasteiger partial charge on any atom is 0.255 e. The molecule has 0 spiro atoms. The summed E-state index contributed by atoms with van der Waals surface area (Å²) in [7, 11) is 0. The molecule has 4 aromatic rings. The van der Waals surface area contributed by atoms with Crippen LogP contribution in [0.25, 0.3) is 26.4 Å². The fourth-order valence-corrected chi connectivity index (χ4v) is 7.01. The predicted octanol–water partition coefficient (Wildman–Crippen LogP) is 6.17. The minimum absolute atomic E-state index is 0.0943. The molecule has 1 atom stereocenters. The van der Waals surface area contributed by atoms with Crippen molar-refractivity contribution in [2.45, 2.75) is 64.5 Å². The number of carbonyl (C=O) groups is 1. The van der Waals surface area contributed by atoms with Crippen LogP contribution in [0.15, 0.2) is 36.5 Å². The molecule has 2 aliphatic rings. The van der Waals surface area contributed by atoms with Crippen LogP contribution in [0.1, 0.15) is 74.3 Å². The Kier molecular flexibility index (Phi) is 8.05. The molecule has 0 unspecified atom stereocenters. The Labute approximate surface area is 238 Å². The fourth-order valence-electron chi connectivity index (χ4n) is 5.91. The molecule has 2 saturated heterocycles. The highest BCUT2D eigenvalue weighted by Gasteiger charge is 2.23. The van der Waals surface area contributed by atoms with Gasteiger partial charge in [-0.1, -0.05) is 23.8 Å². The molecule has 2 aromatic carbocycles. The number of amides is 1. The van der Waals surface area contributed by atoms with Gasteiger partial charge in [0, 0.05) is 24.3 Å². The van der Waals surface area contributed by atoms with Gasteiger partial charge in [0.1, 0.15) is 5.82 Å². The van der Waals surface area contributed by atoms with Crippen molar-refractivity contribution in [3.05, 3.63) is 53.5 Å². The molecule has 2 aromatic heterocycles. The Morgan fingerprint density at radius 2 is 2.05 bits per heavy atom. The molecule has 7 nitrogen and oxygen atoms in total. The Morgan fingerprint density at radius 3 is 2.80 bits per heavy atom. The van der Waals surface area contributed by atoms with Crippen molar-refractivity contribution in [3.63, 3.8) is 0 Å². The quantitative estimate of drug-likeness (QED) is 0.238. The number of nitrogens with one attached hydrogen (secondary N) is 2. The Morgan fingerprint density at radius 1 is 1.20 bits per heavy atom. The summed E-state index contributed by atoms with van der Waals surface area (Å²) in [4.78, 5) is 21.2. The summed E-state index contributed by atoms with van der Waals surface area (Å²) in [5.41, 5.74) is 3.50. The first-order valence-electron chi connectivity index (χ1n) is 14.6. The SMILES string of the molecule is CC(C)Oc1c(C(=O)NCCCN2CCCCC2)ccc2c1sc1nc(-c3ccc([C@@H]4CCCN4)cc3F)cn12. The lowest BCUT2D eigenvalue weighted by atomic mass is 10.0. The molecular formula is C31H38FN5O2S. The van der Waals surface area contributed by atoms with Crippen molar-refractivity contribution < 1.29 is 13.9 Å². The fraction of sp³-hybridized carbons (Fsp3) is 0.484. The number of piperidine rings is 1. The largest absolute Gasteiger partial charge is 0.489 e. The van der Waals surface area contributed by atoms with Gasteiger partial charge in [0.15, 0.2) is 10.7 Å². The van der Waals surface area contributed by atoms with Crippen LogP contribution in [0.3, 0.4) is 0 Å². The molecule has 6 rings (SSSR count). The van der Waals surface area contributed by atoms with Crippen molar-refractivity contribution >= 4 is 32.4 Å². The summed E-state index contributed by atoms with van der Waals surface area (Å²) in [6, 6.07) is 9.45. The van der Waals surface area contributed by atoms with E-state index in [1.165, 1.54) is 30.6 Å². The van der Waals surface area contributed by atoms with Gasteiger partial charge in [0.25, 0.3) is 5.91 Å². The van der Waals surface area contributed by atoms with Gasteiger partial charge in [-0.05, 0) is 102 Å². The van der Waals surface area contributed by atoms with E-state index in [2.05, 4.69) is 15.5 Å². The standard InChI is InChI=1S/C31H38FN5O2S/c1-20(2)39-28-23(30(38)34-14-7-17-36-15-4-3-5-16-36)11-12-27-29(28)40-31-35-26(19-37(27)31)22-10-9-21(18-24(22)32)25-8-6-13-33-25/h9-12,18-20,25,33H,3-8,13-17H2,1-2H3,(H,34,38)/t25-/m0/s1. The van der Waals surface area contributed by atoms with Crippen molar-refractivity contribution in [1.29, 1.82) is 0 Å². The van der Waals surface area contributed by atoms with E-state index >= 15 is 4.39 Å². The number of fused-ring (bicyclic) bond motifs is 3. The zero-order valence-corrected chi connectivity index (χ0v) is 24.2. The van der Waals surface area contributed by atoms with Gasteiger partial charge >= 0.3 is 0 Å². The zero-order chi connectivity index (χ0) is 27.6. The number of nitrogens with zero attached hydrogens (tertiary/aromatic N) is 3. The van der Waals surface area contributed by atoms with Gasteiger partial charge in [-0.25, -0.2) is 9.37 Å². The highest BCUT2D eigenvalue weighted by atomic mass is 32.1. The first-order valence-corrected chi connectivity index (χ1v) is 15.4. The maximum absolute atomic E-state index is 15.2. The van der Waals surface area contributed by atoms with Crippen molar-refractivity contribution in [1.82, 2.24) is 24.9 Å². The van der Waals surface area contributed by atoms with Gasteiger partial charge in [-0.15, -0.1) is 0 Å². The number of ether oxygens (including phenoxy) is 1. The van der Waals surface area contributed by atoms with Crippen LogP contribution in [0.4, 0.5) is 4.39 Å². The number of imidazole rings is 1. The Balaban J connectivity index is 1.24. The third-order valence-electron chi connectivity index (χ3n) is 7.93. The average molecular weight is 564 g/mol. The van der Waals surface area contributed by atoms with E-state index in [1.54, 1.807) is 6.07 Å². The molecule has 2 N–H and O–H groups in total. The van der Waals surface area contributed by atoms with Crippen molar-refractivity contribution in [3.8, 4) is 17.0 Å². The normalized spacial score (nSPS) is 18.2. The van der Waals surface area contributed by atoms with Gasteiger partial charge in [0.2, 0.25) is 0 Å². The Bertz CT molecular complexity index is 1500. The smallest absolute Gasteiger partial charge is 0.255 e. The van der Waals surface area contributed by atoms with Crippen LogP contribution in [0.2, 0.25) is 0 Å². The second kappa shape index (κ2) is 11.8. The summed E-state index contributed by atoms with van der Waals surface area (Å²) in [5.74, 6) is 0.198. The number of halogens is 1. The van der Waals surface area contributed by atoms with Crippen LogP contribution in [-0.4, -0.2) is 59.0 Å². The number of aromatic nitrogens is 2. The molecular weight excluding hydrogens is 525 g/mol. The number of likely N-dealkylation sites (tertiary alicyclic amines) is 1. The van der Waals surface area contributed by atoms with E-state index in [0.717, 1.165) is 66.2 Å². The van der Waals surface area contributed by atoms with Gasteiger partial charge in [0.05, 0.1) is 27.6 Å². The minimum atomic E-state index is -0.260. The van der Waals surface area contributed by atoms with Crippen LogP contribution < -0.4 is 15.4 Å². The van der Waals surface area contributed by atoms with E-state index in [-0.39, 0.29) is 23.9 Å². The molecule has 2 fully saturated rings. The minimum Gasteiger partial charge on any atom is -0.489 e. The van der Waals surface area contributed by atoms with E-state index in [4.69, 9.17) is 9.72 Å². The summed E-state index contributed by atoms with van der Waals surface area (Å²) < 4.78 is 24.2. The van der Waals surface area contributed by atoms with E-state index < -0.39 is 0 Å². The third-order valence-corrected chi connectivity index (χ3v) is 9.00. The van der Waals surface area contributed by atoms with E-state index in [9.17, 15) is 4.79 Å².